The van der Waals surface area contributed by atoms with E-state index < -0.39 is 15.4 Å². The van der Waals surface area contributed by atoms with Crippen molar-refractivity contribution in [3.8, 4) is 5.75 Å². The second-order valence-corrected chi connectivity index (χ2v) is 9.84. The minimum atomic E-state index is -3.73. The third-order valence-electron chi connectivity index (χ3n) is 5.30. The minimum Gasteiger partial charge on any atom is -0.492 e. The second kappa shape index (κ2) is 8.34. The summed E-state index contributed by atoms with van der Waals surface area (Å²) < 4.78 is 32.0. The van der Waals surface area contributed by atoms with Crippen molar-refractivity contribution in [2.24, 2.45) is 0 Å². The Morgan fingerprint density at radius 1 is 1.17 bits per heavy atom. The third-order valence-corrected chi connectivity index (χ3v) is 7.39. The summed E-state index contributed by atoms with van der Waals surface area (Å²) in [5, 5.41) is 3.53. The molecule has 2 aromatic carbocycles. The van der Waals surface area contributed by atoms with Crippen molar-refractivity contribution >= 4 is 33.2 Å². The highest BCUT2D eigenvalue weighted by Crippen LogP contribution is 2.45. The van der Waals surface area contributed by atoms with E-state index in [-0.39, 0.29) is 16.6 Å². The molecule has 0 aliphatic heterocycles. The van der Waals surface area contributed by atoms with E-state index >= 15 is 0 Å². The van der Waals surface area contributed by atoms with Crippen LogP contribution in [-0.4, -0.2) is 39.3 Å². The van der Waals surface area contributed by atoms with Gasteiger partial charge in [-0.2, -0.15) is 0 Å². The molecule has 1 aliphatic carbocycles. The van der Waals surface area contributed by atoms with Gasteiger partial charge in [-0.05, 0) is 55.7 Å². The molecule has 6 nitrogen and oxygen atoms in total. The first-order chi connectivity index (χ1) is 13.7. The van der Waals surface area contributed by atoms with Gasteiger partial charge in [0.05, 0.1) is 12.0 Å². The van der Waals surface area contributed by atoms with E-state index in [4.69, 9.17) is 16.3 Å². The van der Waals surface area contributed by atoms with Crippen molar-refractivity contribution in [2.45, 2.75) is 36.5 Å². The molecule has 3 rings (SSSR count). The summed E-state index contributed by atoms with van der Waals surface area (Å²) in [6.07, 6.45) is 2.43. The van der Waals surface area contributed by atoms with Crippen LogP contribution in [0.15, 0.2) is 47.4 Å². The molecule has 0 saturated heterocycles. The molecule has 1 aliphatic rings. The van der Waals surface area contributed by atoms with Gasteiger partial charge in [-0.1, -0.05) is 30.2 Å². The predicted octanol–water partition coefficient (Wildman–Crippen LogP) is 4.05. The number of carbonyl (C=O) groups is 1. The van der Waals surface area contributed by atoms with Crippen molar-refractivity contribution in [2.75, 3.05) is 26.0 Å². The van der Waals surface area contributed by atoms with Gasteiger partial charge in [-0.25, -0.2) is 12.7 Å². The molecular formula is C21H25ClN2O4S. The van der Waals surface area contributed by atoms with Crippen LogP contribution < -0.4 is 10.1 Å². The number of benzene rings is 2. The first-order valence-corrected chi connectivity index (χ1v) is 11.3. The quantitative estimate of drug-likeness (QED) is 0.710. The Bertz CT molecular complexity index is 1000. The van der Waals surface area contributed by atoms with Gasteiger partial charge in [0, 0.05) is 24.8 Å². The number of nitrogens with zero attached hydrogens (tertiary/aromatic N) is 1. The number of carbonyl (C=O) groups excluding carboxylic acids is 1. The maximum atomic E-state index is 13.2. The van der Waals surface area contributed by atoms with E-state index in [0.717, 1.165) is 29.1 Å². The van der Waals surface area contributed by atoms with Gasteiger partial charge in [0.15, 0.2) is 0 Å². The average Bonchev–Trinajstić information content (AvgIpc) is 2.63. The van der Waals surface area contributed by atoms with Crippen LogP contribution in [0.1, 0.15) is 31.7 Å². The van der Waals surface area contributed by atoms with Crippen LogP contribution in [0.2, 0.25) is 5.02 Å². The van der Waals surface area contributed by atoms with Gasteiger partial charge >= 0.3 is 0 Å². The zero-order chi connectivity index (χ0) is 21.2. The zero-order valence-electron chi connectivity index (χ0n) is 16.7. The average molecular weight is 437 g/mol. The number of hydrogen-bond donors (Lipinski definition) is 1. The molecule has 1 amide bonds. The van der Waals surface area contributed by atoms with Crippen LogP contribution in [0.4, 0.5) is 5.69 Å². The molecule has 0 bridgehead atoms. The molecule has 1 saturated carbocycles. The number of amides is 1. The van der Waals surface area contributed by atoms with Crippen molar-refractivity contribution in [1.82, 2.24) is 4.31 Å². The lowest BCUT2D eigenvalue weighted by Gasteiger charge is -2.40. The molecule has 1 fully saturated rings. The Labute approximate surface area is 176 Å². The Morgan fingerprint density at radius 2 is 1.83 bits per heavy atom. The first kappa shape index (κ1) is 21.6. The number of ether oxygens (including phenoxy) is 1. The van der Waals surface area contributed by atoms with E-state index in [2.05, 4.69) is 5.32 Å². The number of rotatable bonds is 7. The molecule has 29 heavy (non-hydrogen) atoms. The van der Waals surface area contributed by atoms with Gasteiger partial charge in [-0.3, -0.25) is 4.79 Å². The Hall–Kier alpha value is -2.09. The molecule has 0 unspecified atom stereocenters. The second-order valence-electron chi connectivity index (χ2n) is 7.28. The van der Waals surface area contributed by atoms with Crippen molar-refractivity contribution in [3.63, 3.8) is 0 Å². The molecular weight excluding hydrogens is 412 g/mol. The molecule has 1 N–H and O–H groups in total. The van der Waals surface area contributed by atoms with Crippen molar-refractivity contribution < 1.29 is 17.9 Å². The van der Waals surface area contributed by atoms with Crippen LogP contribution in [0.3, 0.4) is 0 Å². The summed E-state index contributed by atoms with van der Waals surface area (Å²) in [5.74, 6) is 0.110. The summed E-state index contributed by atoms with van der Waals surface area (Å²) in [7, 11) is -0.813. The third kappa shape index (κ3) is 4.13. The molecule has 0 spiro atoms. The first-order valence-electron chi connectivity index (χ1n) is 9.47. The van der Waals surface area contributed by atoms with Crippen molar-refractivity contribution in [3.05, 3.63) is 53.1 Å². The fraction of sp³-hybridized carbons (Fsp3) is 0.381. The molecule has 2 aromatic rings. The van der Waals surface area contributed by atoms with E-state index in [1.54, 1.807) is 31.2 Å². The lowest BCUT2D eigenvalue weighted by molar-refractivity contribution is -0.124. The SMILES string of the molecule is CCOc1ccc(NC(=O)C2(c3ccc(Cl)cc3)CCC2)cc1S(=O)(=O)N(C)C. The lowest BCUT2D eigenvalue weighted by Crippen LogP contribution is -2.46. The number of nitrogens with one attached hydrogen (secondary N) is 1. The maximum absolute atomic E-state index is 13.2. The summed E-state index contributed by atoms with van der Waals surface area (Å²) >= 11 is 5.99. The highest BCUT2D eigenvalue weighted by atomic mass is 35.5. The summed E-state index contributed by atoms with van der Waals surface area (Å²) in [6, 6.07) is 12.0. The molecule has 8 heteroatoms. The molecule has 0 radical (unpaired) electrons. The highest BCUT2D eigenvalue weighted by Gasteiger charge is 2.45. The topological polar surface area (TPSA) is 75.7 Å². The Morgan fingerprint density at radius 3 is 2.34 bits per heavy atom. The lowest BCUT2D eigenvalue weighted by atomic mass is 9.64. The van der Waals surface area contributed by atoms with Gasteiger partial charge in [-0.15, -0.1) is 0 Å². The standard InChI is InChI=1S/C21H25ClN2O4S/c1-4-28-18-11-10-17(14-19(18)29(26,27)24(2)3)23-20(25)21(12-5-13-21)15-6-8-16(22)9-7-15/h6-11,14H,4-5,12-13H2,1-3H3,(H,23,25). The fourth-order valence-electron chi connectivity index (χ4n) is 3.46. The number of hydrogen-bond acceptors (Lipinski definition) is 4. The molecule has 156 valence electrons. The summed E-state index contributed by atoms with van der Waals surface area (Å²) in [5.41, 5.74) is 0.709. The molecule has 0 heterocycles. The van der Waals surface area contributed by atoms with Gasteiger partial charge in [0.25, 0.3) is 0 Å². The van der Waals surface area contributed by atoms with E-state index in [9.17, 15) is 13.2 Å². The minimum absolute atomic E-state index is 0.0244. The normalized spacial score (nSPS) is 15.6. The smallest absolute Gasteiger partial charge is 0.246 e. The Kier molecular flexibility index (Phi) is 6.22. The summed E-state index contributed by atoms with van der Waals surface area (Å²) in [6.45, 7) is 2.12. The monoisotopic (exact) mass is 436 g/mol. The summed E-state index contributed by atoms with van der Waals surface area (Å²) in [4.78, 5) is 13.2. The molecule has 0 aromatic heterocycles. The number of anilines is 1. The fourth-order valence-corrected chi connectivity index (χ4v) is 4.63. The molecule has 0 atom stereocenters. The maximum Gasteiger partial charge on any atom is 0.246 e. The van der Waals surface area contributed by atoms with Crippen LogP contribution >= 0.6 is 11.6 Å². The van der Waals surface area contributed by atoms with Gasteiger partial charge in [0.1, 0.15) is 10.6 Å². The van der Waals surface area contributed by atoms with Crippen molar-refractivity contribution in [1.29, 1.82) is 0 Å². The van der Waals surface area contributed by atoms with Gasteiger partial charge < -0.3 is 10.1 Å². The van der Waals surface area contributed by atoms with Crippen LogP contribution in [0.5, 0.6) is 5.75 Å². The number of sulfonamides is 1. The van der Waals surface area contributed by atoms with Crippen LogP contribution in [0, 0.1) is 0 Å². The van der Waals surface area contributed by atoms with E-state index in [1.807, 2.05) is 12.1 Å². The largest absolute Gasteiger partial charge is 0.492 e. The van der Waals surface area contributed by atoms with Gasteiger partial charge in [0.2, 0.25) is 15.9 Å². The zero-order valence-corrected chi connectivity index (χ0v) is 18.3. The van der Waals surface area contributed by atoms with Crippen LogP contribution in [0.25, 0.3) is 0 Å². The predicted molar refractivity (Wildman–Crippen MR) is 114 cm³/mol. The highest BCUT2D eigenvalue weighted by molar-refractivity contribution is 7.89. The Balaban J connectivity index is 1.93. The van der Waals surface area contributed by atoms with Crippen LogP contribution in [-0.2, 0) is 20.2 Å². The number of halogens is 1. The van der Waals surface area contributed by atoms with E-state index in [0.29, 0.717) is 17.3 Å². The van der Waals surface area contributed by atoms with E-state index in [1.165, 1.54) is 20.2 Å².